The maximum absolute atomic E-state index is 12.5. The Labute approximate surface area is 108 Å². The number of carbonyl (C=O) groups is 1. The van der Waals surface area contributed by atoms with Gasteiger partial charge >= 0.3 is 12.1 Å². The number of carboxylic acids is 1. The van der Waals surface area contributed by atoms with Crippen molar-refractivity contribution in [2.24, 2.45) is 5.92 Å². The zero-order valence-electron chi connectivity index (χ0n) is 10.3. The fraction of sp³-hybridized carbons (Fsp3) is 0.462. The van der Waals surface area contributed by atoms with Gasteiger partial charge in [-0.15, -0.1) is 0 Å². The van der Waals surface area contributed by atoms with E-state index >= 15 is 0 Å². The van der Waals surface area contributed by atoms with E-state index < -0.39 is 17.7 Å². The normalized spacial score (nSPS) is 22.7. The minimum absolute atomic E-state index is 0.143. The molecule has 6 heteroatoms. The van der Waals surface area contributed by atoms with Crippen LogP contribution in [0, 0.1) is 5.92 Å². The number of hydrogen-bond donors (Lipinski definition) is 2. The Kier molecular flexibility index (Phi) is 3.43. The van der Waals surface area contributed by atoms with E-state index in [9.17, 15) is 18.0 Å². The molecular weight excluding hydrogens is 259 g/mol. The summed E-state index contributed by atoms with van der Waals surface area (Å²) >= 11 is 0. The number of nitrogens with one attached hydrogen (secondary N) is 1. The number of carboxylic acid groups (broad SMARTS) is 1. The fourth-order valence-corrected chi connectivity index (χ4v) is 2.26. The molecule has 0 aromatic heterocycles. The molecule has 1 fully saturated rings. The summed E-state index contributed by atoms with van der Waals surface area (Å²) in [6, 6.07) is 2.91. The lowest BCUT2D eigenvalue weighted by molar-refractivity contribution is -0.137. The predicted molar refractivity (Wildman–Crippen MR) is 64.2 cm³/mol. The smallest absolute Gasteiger partial charge is 0.416 e. The molecule has 104 valence electrons. The van der Waals surface area contributed by atoms with Crippen LogP contribution < -0.4 is 5.32 Å². The largest absolute Gasteiger partial charge is 0.478 e. The van der Waals surface area contributed by atoms with Gasteiger partial charge in [-0.2, -0.15) is 13.2 Å². The molecule has 0 atom stereocenters. The molecule has 0 aliphatic heterocycles. The molecule has 0 saturated heterocycles. The Morgan fingerprint density at radius 2 is 2.00 bits per heavy atom. The summed E-state index contributed by atoms with van der Waals surface area (Å²) in [7, 11) is 0. The third-order valence-corrected chi connectivity index (χ3v) is 3.31. The molecule has 19 heavy (non-hydrogen) atoms. The molecule has 1 aromatic rings. The van der Waals surface area contributed by atoms with Gasteiger partial charge in [-0.1, -0.05) is 6.92 Å². The van der Waals surface area contributed by atoms with Crippen molar-refractivity contribution in [3.05, 3.63) is 29.3 Å². The van der Waals surface area contributed by atoms with Crippen LogP contribution in [0.15, 0.2) is 18.2 Å². The minimum Gasteiger partial charge on any atom is -0.478 e. The van der Waals surface area contributed by atoms with Crippen molar-refractivity contribution >= 4 is 11.7 Å². The number of benzene rings is 1. The van der Waals surface area contributed by atoms with Gasteiger partial charge in [0.25, 0.3) is 0 Å². The van der Waals surface area contributed by atoms with Gasteiger partial charge in [-0.05, 0) is 37.0 Å². The molecule has 2 N–H and O–H groups in total. The standard InChI is InChI=1S/C13H14F3NO2/c1-7-4-9(5-7)17-11-3-2-8(13(14,15)16)6-10(11)12(18)19/h2-3,6-7,9,17H,4-5H2,1H3,(H,18,19). The van der Waals surface area contributed by atoms with Gasteiger partial charge < -0.3 is 10.4 Å². The summed E-state index contributed by atoms with van der Waals surface area (Å²) in [4.78, 5) is 11.0. The monoisotopic (exact) mass is 273 g/mol. The molecule has 0 heterocycles. The fourth-order valence-electron chi connectivity index (χ4n) is 2.26. The lowest BCUT2D eigenvalue weighted by Crippen LogP contribution is -2.34. The van der Waals surface area contributed by atoms with Crippen LogP contribution >= 0.6 is 0 Å². The van der Waals surface area contributed by atoms with Crippen LogP contribution in [0.5, 0.6) is 0 Å². The summed E-state index contributed by atoms with van der Waals surface area (Å²) < 4.78 is 37.6. The van der Waals surface area contributed by atoms with Crippen molar-refractivity contribution in [1.82, 2.24) is 0 Å². The highest BCUT2D eigenvalue weighted by molar-refractivity contribution is 5.94. The molecule has 0 spiro atoms. The van der Waals surface area contributed by atoms with Gasteiger partial charge in [-0.3, -0.25) is 0 Å². The first-order valence-electron chi connectivity index (χ1n) is 5.98. The first-order chi connectivity index (χ1) is 8.77. The number of rotatable bonds is 3. The Morgan fingerprint density at radius 1 is 1.37 bits per heavy atom. The Hall–Kier alpha value is -1.72. The van der Waals surface area contributed by atoms with Gasteiger partial charge in [0.1, 0.15) is 0 Å². The Morgan fingerprint density at radius 3 is 2.47 bits per heavy atom. The molecule has 1 aliphatic rings. The van der Waals surface area contributed by atoms with E-state index in [0.717, 1.165) is 18.9 Å². The van der Waals surface area contributed by atoms with E-state index in [2.05, 4.69) is 12.2 Å². The van der Waals surface area contributed by atoms with Crippen LogP contribution in [0.25, 0.3) is 0 Å². The summed E-state index contributed by atoms with van der Waals surface area (Å²) in [5, 5.41) is 12.0. The summed E-state index contributed by atoms with van der Waals surface area (Å²) in [6.45, 7) is 2.07. The number of hydrogen-bond acceptors (Lipinski definition) is 2. The van der Waals surface area contributed by atoms with Crippen molar-refractivity contribution in [2.75, 3.05) is 5.32 Å². The zero-order chi connectivity index (χ0) is 14.2. The second-order valence-corrected chi connectivity index (χ2v) is 4.98. The molecule has 1 aromatic carbocycles. The highest BCUT2D eigenvalue weighted by atomic mass is 19.4. The van der Waals surface area contributed by atoms with E-state index in [1.807, 2.05) is 0 Å². The second-order valence-electron chi connectivity index (χ2n) is 4.98. The molecule has 2 rings (SSSR count). The van der Waals surface area contributed by atoms with Gasteiger partial charge in [0.2, 0.25) is 0 Å². The summed E-state index contributed by atoms with van der Waals surface area (Å²) in [5.74, 6) is -0.791. The van der Waals surface area contributed by atoms with Crippen LogP contribution in [0.3, 0.4) is 0 Å². The maximum atomic E-state index is 12.5. The third-order valence-electron chi connectivity index (χ3n) is 3.31. The van der Waals surface area contributed by atoms with Crippen molar-refractivity contribution in [3.8, 4) is 0 Å². The molecule has 0 unspecified atom stereocenters. The predicted octanol–water partition coefficient (Wildman–Crippen LogP) is 3.61. The lowest BCUT2D eigenvalue weighted by atomic mass is 9.81. The molecule has 3 nitrogen and oxygen atoms in total. The topological polar surface area (TPSA) is 49.3 Å². The van der Waals surface area contributed by atoms with Crippen molar-refractivity contribution < 1.29 is 23.1 Å². The minimum atomic E-state index is -4.53. The average Bonchev–Trinajstić information content (AvgIpc) is 2.25. The first kappa shape index (κ1) is 13.7. The number of anilines is 1. The molecule has 0 bridgehead atoms. The lowest BCUT2D eigenvalue weighted by Gasteiger charge is -2.34. The highest BCUT2D eigenvalue weighted by Crippen LogP contribution is 2.34. The Bertz CT molecular complexity index is 493. The first-order valence-corrected chi connectivity index (χ1v) is 5.98. The van der Waals surface area contributed by atoms with Gasteiger partial charge in [-0.25, -0.2) is 4.79 Å². The summed E-state index contributed by atoms with van der Waals surface area (Å²) in [5.41, 5.74) is -1.04. The maximum Gasteiger partial charge on any atom is 0.416 e. The van der Waals surface area contributed by atoms with Gasteiger partial charge in [0.05, 0.1) is 11.1 Å². The number of alkyl halides is 3. The van der Waals surface area contributed by atoms with Crippen molar-refractivity contribution in [1.29, 1.82) is 0 Å². The average molecular weight is 273 g/mol. The van der Waals surface area contributed by atoms with Crippen LogP contribution in [0.1, 0.15) is 35.7 Å². The van der Waals surface area contributed by atoms with Crippen LogP contribution in [0.4, 0.5) is 18.9 Å². The SMILES string of the molecule is CC1CC(Nc2ccc(C(F)(F)F)cc2C(=O)O)C1. The molecule has 1 aliphatic carbocycles. The molecule has 1 saturated carbocycles. The second kappa shape index (κ2) is 4.75. The van der Waals surface area contributed by atoms with E-state index in [-0.39, 0.29) is 17.3 Å². The summed E-state index contributed by atoms with van der Waals surface area (Å²) in [6.07, 6.45) is -2.73. The zero-order valence-corrected chi connectivity index (χ0v) is 10.3. The van der Waals surface area contributed by atoms with Crippen molar-refractivity contribution in [3.63, 3.8) is 0 Å². The van der Waals surface area contributed by atoms with E-state index in [1.54, 1.807) is 0 Å². The van der Waals surface area contributed by atoms with E-state index in [4.69, 9.17) is 5.11 Å². The number of halogens is 3. The number of aromatic carboxylic acids is 1. The molecule has 0 radical (unpaired) electrons. The molecule has 0 amide bonds. The van der Waals surface area contributed by atoms with E-state index in [0.29, 0.717) is 12.0 Å². The van der Waals surface area contributed by atoms with Gasteiger partial charge in [0, 0.05) is 11.7 Å². The molecular formula is C13H14F3NO2. The van der Waals surface area contributed by atoms with Crippen LogP contribution in [-0.4, -0.2) is 17.1 Å². The quantitative estimate of drug-likeness (QED) is 0.884. The van der Waals surface area contributed by atoms with Crippen molar-refractivity contribution in [2.45, 2.75) is 32.0 Å². The Balaban J connectivity index is 2.25. The van der Waals surface area contributed by atoms with E-state index in [1.165, 1.54) is 6.07 Å². The highest BCUT2D eigenvalue weighted by Gasteiger charge is 2.32. The van der Waals surface area contributed by atoms with Crippen LogP contribution in [-0.2, 0) is 6.18 Å². The third kappa shape index (κ3) is 3.00. The van der Waals surface area contributed by atoms with Crippen LogP contribution in [0.2, 0.25) is 0 Å². The van der Waals surface area contributed by atoms with Gasteiger partial charge in [0.15, 0.2) is 0 Å².